The van der Waals surface area contributed by atoms with Crippen LogP contribution in [0, 0.1) is 0 Å². The van der Waals surface area contributed by atoms with Gasteiger partial charge in [0, 0.05) is 74.7 Å². The van der Waals surface area contributed by atoms with Gasteiger partial charge in [-0.1, -0.05) is 30.3 Å². The number of hydrogen-bond donors (Lipinski definition) is 1. The van der Waals surface area contributed by atoms with Gasteiger partial charge >= 0.3 is 0 Å². The van der Waals surface area contributed by atoms with E-state index in [1.807, 2.05) is 0 Å². The Kier molecular flexibility index (Phi) is 6.53. The van der Waals surface area contributed by atoms with Gasteiger partial charge in [-0.05, 0) is 31.3 Å². The van der Waals surface area contributed by atoms with Gasteiger partial charge in [0.15, 0.2) is 0 Å². The lowest BCUT2D eigenvalue weighted by molar-refractivity contribution is 0.0398. The molecule has 3 heterocycles. The summed E-state index contributed by atoms with van der Waals surface area (Å²) in [7, 11) is 2.19. The van der Waals surface area contributed by atoms with Gasteiger partial charge in [-0.15, -0.1) is 0 Å². The summed E-state index contributed by atoms with van der Waals surface area (Å²) in [5, 5.41) is 4.85. The van der Waals surface area contributed by atoms with Crippen molar-refractivity contribution < 1.29 is 4.74 Å². The molecule has 2 aromatic carbocycles. The Bertz CT molecular complexity index is 1020. The Morgan fingerprint density at radius 2 is 1.66 bits per heavy atom. The quantitative estimate of drug-likeness (QED) is 0.645. The predicted octanol–water partition coefficient (Wildman–Crippen LogP) is 3.40. The first-order valence-electron chi connectivity index (χ1n) is 11.7. The minimum Gasteiger partial charge on any atom is -0.383 e. The van der Waals surface area contributed by atoms with Gasteiger partial charge in [0.25, 0.3) is 0 Å². The molecule has 6 nitrogen and oxygen atoms in total. The second-order valence-corrected chi connectivity index (χ2v) is 8.79. The number of benzene rings is 2. The highest BCUT2D eigenvalue weighted by atomic mass is 16.5. The number of ether oxygens (including phenoxy) is 1. The maximum absolute atomic E-state index is 5.46. The number of aromatic nitrogens is 1. The van der Waals surface area contributed by atoms with E-state index in [2.05, 4.69) is 81.7 Å². The van der Waals surface area contributed by atoms with E-state index in [1.54, 1.807) is 0 Å². The van der Waals surface area contributed by atoms with Crippen LogP contribution in [0.5, 0.6) is 0 Å². The van der Waals surface area contributed by atoms with Gasteiger partial charge in [-0.2, -0.15) is 0 Å². The molecule has 2 aliphatic heterocycles. The fraction of sp³-hybridized carbons (Fsp3) is 0.423. The third kappa shape index (κ3) is 4.88. The minimum absolute atomic E-state index is 0.840. The Labute approximate surface area is 190 Å². The molecule has 1 N–H and O–H groups in total. The molecular formula is C26H33N5O. The molecule has 0 atom stereocenters. The molecule has 3 aromatic rings. The van der Waals surface area contributed by atoms with Crippen molar-refractivity contribution in [1.82, 2.24) is 14.8 Å². The first-order chi connectivity index (χ1) is 15.8. The third-order valence-corrected chi connectivity index (χ3v) is 6.59. The molecule has 0 spiro atoms. The first kappa shape index (κ1) is 21.2. The zero-order chi connectivity index (χ0) is 21.8. The lowest BCUT2D eigenvalue weighted by Gasteiger charge is -2.34. The number of para-hydroxylation sites is 1. The van der Waals surface area contributed by atoms with Crippen LogP contribution in [0.2, 0.25) is 0 Å². The smallest absolute Gasteiger partial charge is 0.0730 e. The Hall–Kier alpha value is -2.67. The predicted molar refractivity (Wildman–Crippen MR) is 133 cm³/mol. The standard InChI is InChI=1S/C26H33N5O/c1-29-12-14-31(15-13-29)22-8-6-21(7-9-22)25-20-26(23-4-2-3-5-24(23)28-25)27-10-11-30-16-18-32-19-17-30/h2-9,20H,10-19H2,1H3,(H,27,28). The van der Waals surface area contributed by atoms with Gasteiger partial charge in [-0.3, -0.25) is 4.90 Å². The van der Waals surface area contributed by atoms with Crippen molar-refractivity contribution in [2.45, 2.75) is 0 Å². The van der Waals surface area contributed by atoms with E-state index in [9.17, 15) is 0 Å². The number of fused-ring (bicyclic) bond motifs is 1. The van der Waals surface area contributed by atoms with Crippen LogP contribution in [-0.4, -0.2) is 87.4 Å². The largest absolute Gasteiger partial charge is 0.383 e. The molecule has 0 amide bonds. The van der Waals surface area contributed by atoms with Crippen LogP contribution in [0.1, 0.15) is 0 Å². The van der Waals surface area contributed by atoms with E-state index in [0.717, 1.165) is 88.0 Å². The highest BCUT2D eigenvalue weighted by molar-refractivity contribution is 5.93. The summed E-state index contributed by atoms with van der Waals surface area (Å²) in [6.07, 6.45) is 0. The number of rotatable bonds is 6. The summed E-state index contributed by atoms with van der Waals surface area (Å²) in [4.78, 5) is 12.3. The normalized spacial score (nSPS) is 18.2. The van der Waals surface area contributed by atoms with E-state index in [1.165, 1.54) is 11.1 Å². The molecule has 0 aliphatic carbocycles. The molecule has 6 heteroatoms. The number of nitrogens with one attached hydrogen (secondary N) is 1. The number of anilines is 2. The van der Waals surface area contributed by atoms with Crippen molar-refractivity contribution in [2.24, 2.45) is 0 Å². The second kappa shape index (κ2) is 9.86. The Balaban J connectivity index is 1.34. The molecule has 0 unspecified atom stereocenters. The van der Waals surface area contributed by atoms with Crippen LogP contribution in [-0.2, 0) is 4.74 Å². The summed E-state index contributed by atoms with van der Waals surface area (Å²) in [5.41, 5.74) is 5.66. The van der Waals surface area contributed by atoms with Gasteiger partial charge in [0.2, 0.25) is 0 Å². The maximum Gasteiger partial charge on any atom is 0.0730 e. The highest BCUT2D eigenvalue weighted by Crippen LogP contribution is 2.29. The summed E-state index contributed by atoms with van der Waals surface area (Å²) >= 11 is 0. The molecule has 0 bridgehead atoms. The Morgan fingerprint density at radius 3 is 2.44 bits per heavy atom. The summed E-state index contributed by atoms with van der Waals surface area (Å²) in [5.74, 6) is 0. The monoisotopic (exact) mass is 431 g/mol. The molecule has 32 heavy (non-hydrogen) atoms. The summed E-state index contributed by atoms with van der Waals surface area (Å²) in [6.45, 7) is 10.1. The second-order valence-electron chi connectivity index (χ2n) is 8.79. The Morgan fingerprint density at radius 1 is 0.906 bits per heavy atom. The summed E-state index contributed by atoms with van der Waals surface area (Å²) in [6, 6.07) is 19.5. The number of nitrogens with zero attached hydrogens (tertiary/aromatic N) is 4. The van der Waals surface area contributed by atoms with Crippen molar-refractivity contribution in [3.8, 4) is 11.3 Å². The van der Waals surface area contributed by atoms with E-state index < -0.39 is 0 Å². The zero-order valence-electron chi connectivity index (χ0n) is 19.0. The molecule has 1 aromatic heterocycles. The van der Waals surface area contributed by atoms with Gasteiger partial charge < -0.3 is 19.9 Å². The van der Waals surface area contributed by atoms with Crippen molar-refractivity contribution >= 4 is 22.3 Å². The fourth-order valence-electron chi connectivity index (χ4n) is 4.55. The topological polar surface area (TPSA) is 43.9 Å². The third-order valence-electron chi connectivity index (χ3n) is 6.59. The van der Waals surface area contributed by atoms with E-state index in [0.29, 0.717) is 0 Å². The number of piperazine rings is 1. The fourth-order valence-corrected chi connectivity index (χ4v) is 4.55. The van der Waals surface area contributed by atoms with E-state index >= 15 is 0 Å². The first-order valence-corrected chi connectivity index (χ1v) is 11.7. The zero-order valence-corrected chi connectivity index (χ0v) is 19.0. The molecule has 2 aliphatic rings. The molecular weight excluding hydrogens is 398 g/mol. The van der Waals surface area contributed by atoms with Crippen LogP contribution in [0.15, 0.2) is 54.6 Å². The van der Waals surface area contributed by atoms with Crippen molar-refractivity contribution in [1.29, 1.82) is 0 Å². The molecule has 2 saturated heterocycles. The van der Waals surface area contributed by atoms with Crippen LogP contribution in [0.3, 0.4) is 0 Å². The lowest BCUT2D eigenvalue weighted by Crippen LogP contribution is -2.44. The summed E-state index contributed by atoms with van der Waals surface area (Å²) < 4.78 is 5.46. The van der Waals surface area contributed by atoms with Crippen molar-refractivity contribution in [3.63, 3.8) is 0 Å². The van der Waals surface area contributed by atoms with Gasteiger partial charge in [0.1, 0.15) is 0 Å². The number of likely N-dealkylation sites (N-methyl/N-ethyl adjacent to an activating group) is 1. The van der Waals surface area contributed by atoms with Crippen LogP contribution in [0.4, 0.5) is 11.4 Å². The van der Waals surface area contributed by atoms with Crippen LogP contribution >= 0.6 is 0 Å². The van der Waals surface area contributed by atoms with Crippen LogP contribution < -0.4 is 10.2 Å². The molecule has 0 radical (unpaired) electrons. The van der Waals surface area contributed by atoms with Crippen molar-refractivity contribution in [2.75, 3.05) is 82.8 Å². The molecule has 2 fully saturated rings. The average molecular weight is 432 g/mol. The number of morpholine rings is 1. The van der Waals surface area contributed by atoms with Gasteiger partial charge in [0.05, 0.1) is 24.4 Å². The van der Waals surface area contributed by atoms with Crippen LogP contribution in [0.25, 0.3) is 22.2 Å². The van der Waals surface area contributed by atoms with E-state index in [-0.39, 0.29) is 0 Å². The minimum atomic E-state index is 0.840. The molecule has 5 rings (SSSR count). The lowest BCUT2D eigenvalue weighted by atomic mass is 10.1. The molecule has 168 valence electrons. The van der Waals surface area contributed by atoms with E-state index in [4.69, 9.17) is 9.72 Å². The number of hydrogen-bond acceptors (Lipinski definition) is 6. The van der Waals surface area contributed by atoms with Crippen molar-refractivity contribution in [3.05, 3.63) is 54.6 Å². The highest BCUT2D eigenvalue weighted by Gasteiger charge is 2.15. The average Bonchev–Trinajstić information content (AvgIpc) is 2.85. The number of pyridine rings is 1. The SMILES string of the molecule is CN1CCN(c2ccc(-c3cc(NCCN4CCOCC4)c4ccccc4n3)cc2)CC1. The molecule has 0 saturated carbocycles. The van der Waals surface area contributed by atoms with Gasteiger partial charge in [-0.25, -0.2) is 4.98 Å². The maximum atomic E-state index is 5.46.